The maximum atomic E-state index is 6.01. The van der Waals surface area contributed by atoms with Crippen LogP contribution in [0, 0.1) is 5.92 Å². The van der Waals surface area contributed by atoms with Gasteiger partial charge in [-0.1, -0.05) is 19.8 Å². The number of thiophene rings is 1. The van der Waals surface area contributed by atoms with Crippen molar-refractivity contribution in [2.45, 2.75) is 50.7 Å². The van der Waals surface area contributed by atoms with E-state index in [1.54, 1.807) is 0 Å². The SMILES string of the molecule is CNC(Cc1ccc(Br)s1)C1(OC)CCCC(C)C1. The minimum absolute atomic E-state index is 0.00286. The van der Waals surface area contributed by atoms with E-state index in [-0.39, 0.29) is 5.60 Å². The van der Waals surface area contributed by atoms with E-state index in [0.717, 1.165) is 12.3 Å². The molecular weight excluding hydrogens is 322 g/mol. The standard InChI is InChI=1S/C15H24BrNOS/c1-11-5-4-8-15(10-11,18-3)13(17-2)9-12-6-7-14(16)19-12/h6-7,11,13,17H,4-5,8-10H2,1-3H3. The van der Waals surface area contributed by atoms with Gasteiger partial charge in [-0.2, -0.15) is 0 Å². The number of ether oxygens (including phenoxy) is 1. The molecule has 2 rings (SSSR count). The number of halogens is 1. The first-order valence-corrected chi connectivity index (χ1v) is 8.67. The first-order valence-electron chi connectivity index (χ1n) is 7.06. The van der Waals surface area contributed by atoms with Crippen molar-refractivity contribution in [2.24, 2.45) is 5.92 Å². The lowest BCUT2D eigenvalue weighted by Gasteiger charge is -2.44. The second kappa shape index (κ2) is 6.70. The van der Waals surface area contributed by atoms with E-state index < -0.39 is 0 Å². The average molecular weight is 346 g/mol. The second-order valence-electron chi connectivity index (χ2n) is 5.72. The molecule has 0 aromatic carbocycles. The Bertz CT molecular complexity index is 409. The van der Waals surface area contributed by atoms with Gasteiger partial charge in [0.2, 0.25) is 0 Å². The van der Waals surface area contributed by atoms with E-state index in [9.17, 15) is 0 Å². The van der Waals surface area contributed by atoms with Gasteiger partial charge >= 0.3 is 0 Å². The zero-order chi connectivity index (χ0) is 13.9. The summed E-state index contributed by atoms with van der Waals surface area (Å²) < 4.78 is 7.22. The van der Waals surface area contributed by atoms with Crippen LogP contribution < -0.4 is 5.32 Å². The van der Waals surface area contributed by atoms with Crippen molar-refractivity contribution in [3.8, 4) is 0 Å². The third kappa shape index (κ3) is 3.60. The van der Waals surface area contributed by atoms with E-state index in [2.05, 4.69) is 47.4 Å². The molecule has 2 nitrogen and oxygen atoms in total. The number of methoxy groups -OCH3 is 1. The fourth-order valence-electron chi connectivity index (χ4n) is 3.40. The van der Waals surface area contributed by atoms with Gasteiger partial charge in [0.15, 0.2) is 0 Å². The lowest BCUT2D eigenvalue weighted by molar-refractivity contribution is -0.0773. The Labute approximate surface area is 129 Å². The smallest absolute Gasteiger partial charge is 0.0836 e. The Hall–Kier alpha value is 0.1000. The molecule has 19 heavy (non-hydrogen) atoms. The van der Waals surface area contributed by atoms with E-state index >= 15 is 0 Å². The average Bonchev–Trinajstić information content (AvgIpc) is 2.81. The van der Waals surface area contributed by atoms with E-state index in [4.69, 9.17) is 4.74 Å². The summed E-state index contributed by atoms with van der Waals surface area (Å²) in [5.74, 6) is 0.764. The Morgan fingerprint density at radius 2 is 2.37 bits per heavy atom. The van der Waals surface area contributed by atoms with Crippen LogP contribution in [-0.4, -0.2) is 25.8 Å². The molecule has 0 saturated heterocycles. The zero-order valence-corrected chi connectivity index (χ0v) is 14.4. The highest BCUT2D eigenvalue weighted by Crippen LogP contribution is 2.38. The third-order valence-electron chi connectivity index (χ3n) is 4.42. The monoisotopic (exact) mass is 345 g/mol. The summed E-state index contributed by atoms with van der Waals surface area (Å²) in [4.78, 5) is 1.42. The highest BCUT2D eigenvalue weighted by Gasteiger charge is 2.41. The van der Waals surface area contributed by atoms with Crippen LogP contribution in [0.4, 0.5) is 0 Å². The number of rotatable bonds is 5. The summed E-state index contributed by atoms with van der Waals surface area (Å²) in [6.07, 6.45) is 6.01. The van der Waals surface area contributed by atoms with Gasteiger partial charge < -0.3 is 10.1 Å². The third-order valence-corrected chi connectivity index (χ3v) is 6.06. The van der Waals surface area contributed by atoms with Crippen molar-refractivity contribution in [1.82, 2.24) is 5.32 Å². The molecule has 1 aromatic heterocycles. The molecule has 0 radical (unpaired) electrons. The van der Waals surface area contributed by atoms with Crippen LogP contribution in [0.1, 0.15) is 37.5 Å². The zero-order valence-electron chi connectivity index (χ0n) is 12.0. The summed E-state index contributed by atoms with van der Waals surface area (Å²) in [5.41, 5.74) is 0.00286. The fraction of sp³-hybridized carbons (Fsp3) is 0.733. The quantitative estimate of drug-likeness (QED) is 0.861. The van der Waals surface area contributed by atoms with Crippen LogP contribution in [-0.2, 0) is 11.2 Å². The fourth-order valence-corrected chi connectivity index (χ4v) is 4.93. The molecule has 1 N–H and O–H groups in total. The molecule has 1 fully saturated rings. The largest absolute Gasteiger partial charge is 0.377 e. The molecule has 1 aliphatic rings. The lowest BCUT2D eigenvalue weighted by atomic mass is 9.73. The topological polar surface area (TPSA) is 21.3 Å². The summed E-state index contributed by atoms with van der Waals surface area (Å²) in [5, 5.41) is 3.51. The number of likely N-dealkylation sites (N-methyl/N-ethyl adjacent to an activating group) is 1. The van der Waals surface area contributed by atoms with E-state index in [0.29, 0.717) is 6.04 Å². The molecule has 0 aliphatic heterocycles. The van der Waals surface area contributed by atoms with E-state index in [1.165, 1.54) is 34.3 Å². The Morgan fingerprint density at radius 3 is 2.89 bits per heavy atom. The van der Waals surface area contributed by atoms with Gasteiger partial charge in [0.1, 0.15) is 0 Å². The number of hydrogen-bond acceptors (Lipinski definition) is 3. The van der Waals surface area contributed by atoms with Crippen molar-refractivity contribution >= 4 is 27.3 Å². The summed E-state index contributed by atoms with van der Waals surface area (Å²) >= 11 is 5.37. The highest BCUT2D eigenvalue weighted by molar-refractivity contribution is 9.11. The van der Waals surface area contributed by atoms with Crippen LogP contribution in [0.15, 0.2) is 15.9 Å². The molecule has 1 saturated carbocycles. The molecule has 3 atom stereocenters. The second-order valence-corrected chi connectivity index (χ2v) is 8.27. The molecule has 0 bridgehead atoms. The Morgan fingerprint density at radius 1 is 1.58 bits per heavy atom. The number of nitrogens with one attached hydrogen (secondary N) is 1. The Balaban J connectivity index is 2.13. The normalized spacial score (nSPS) is 29.4. The highest BCUT2D eigenvalue weighted by atomic mass is 79.9. The minimum atomic E-state index is 0.00286. The van der Waals surface area contributed by atoms with Crippen molar-refractivity contribution in [1.29, 1.82) is 0 Å². The van der Waals surface area contributed by atoms with E-state index in [1.807, 2.05) is 18.4 Å². The van der Waals surface area contributed by atoms with Gasteiger partial charge in [0.25, 0.3) is 0 Å². The van der Waals surface area contributed by atoms with Crippen molar-refractivity contribution in [2.75, 3.05) is 14.2 Å². The first-order chi connectivity index (χ1) is 9.09. The Kier molecular flexibility index (Phi) is 5.46. The van der Waals surface area contributed by atoms with Crippen molar-refractivity contribution in [3.05, 3.63) is 20.8 Å². The van der Waals surface area contributed by atoms with Crippen LogP contribution in [0.3, 0.4) is 0 Å². The molecule has 108 valence electrons. The molecule has 3 unspecified atom stereocenters. The molecule has 1 aliphatic carbocycles. The van der Waals surface area contributed by atoms with Crippen molar-refractivity contribution in [3.63, 3.8) is 0 Å². The van der Waals surface area contributed by atoms with Crippen molar-refractivity contribution < 1.29 is 4.74 Å². The van der Waals surface area contributed by atoms with Crippen LogP contribution in [0.5, 0.6) is 0 Å². The van der Waals surface area contributed by atoms with Gasteiger partial charge in [-0.25, -0.2) is 0 Å². The molecule has 0 amide bonds. The molecule has 1 heterocycles. The maximum Gasteiger partial charge on any atom is 0.0836 e. The maximum absolute atomic E-state index is 6.01. The number of hydrogen-bond donors (Lipinski definition) is 1. The van der Waals surface area contributed by atoms with Gasteiger partial charge in [-0.15, -0.1) is 11.3 Å². The summed E-state index contributed by atoms with van der Waals surface area (Å²) in [7, 11) is 3.94. The molecular formula is C15H24BrNOS. The predicted molar refractivity (Wildman–Crippen MR) is 85.9 cm³/mol. The van der Waals surface area contributed by atoms with Crippen LogP contribution in [0.2, 0.25) is 0 Å². The minimum Gasteiger partial charge on any atom is -0.377 e. The van der Waals surface area contributed by atoms with Gasteiger partial charge in [-0.3, -0.25) is 0 Å². The first kappa shape index (κ1) is 15.5. The van der Waals surface area contributed by atoms with Crippen LogP contribution >= 0.6 is 27.3 Å². The predicted octanol–water partition coefficient (Wildman–Crippen LogP) is 4.24. The molecule has 4 heteroatoms. The van der Waals surface area contributed by atoms with Crippen LogP contribution in [0.25, 0.3) is 0 Å². The van der Waals surface area contributed by atoms with Gasteiger partial charge in [0.05, 0.1) is 9.39 Å². The van der Waals surface area contributed by atoms with Gasteiger partial charge in [-0.05, 0) is 60.3 Å². The summed E-state index contributed by atoms with van der Waals surface area (Å²) in [6.45, 7) is 2.35. The molecule has 0 spiro atoms. The summed E-state index contributed by atoms with van der Waals surface area (Å²) in [6, 6.07) is 4.75. The molecule has 1 aromatic rings. The van der Waals surface area contributed by atoms with Gasteiger partial charge in [0, 0.05) is 18.0 Å². The lowest BCUT2D eigenvalue weighted by Crippen LogP contribution is -2.54.